The van der Waals surface area contributed by atoms with Gasteiger partial charge in [-0.2, -0.15) is 13.2 Å². The van der Waals surface area contributed by atoms with E-state index in [0.717, 1.165) is 60.2 Å². The summed E-state index contributed by atoms with van der Waals surface area (Å²) < 4.78 is 54.4. The van der Waals surface area contributed by atoms with E-state index in [4.69, 9.17) is 14.2 Å². The Morgan fingerprint density at radius 3 is 2.08 bits per heavy atom. The summed E-state index contributed by atoms with van der Waals surface area (Å²) in [5, 5.41) is 0. The fourth-order valence-corrected chi connectivity index (χ4v) is 7.03. The molecule has 0 saturated heterocycles. The molecule has 4 rings (SSSR count). The van der Waals surface area contributed by atoms with Crippen LogP contribution in [0, 0.1) is 23.7 Å². The van der Waals surface area contributed by atoms with Gasteiger partial charge in [0.25, 0.3) is 11.8 Å². The number of benzene rings is 1. The number of nitrogens with zero attached hydrogens (tertiary/aromatic N) is 1. The van der Waals surface area contributed by atoms with Crippen molar-refractivity contribution in [2.45, 2.75) is 90.1 Å². The Bertz CT molecular complexity index is 1320. The Hall–Kier alpha value is -3.82. The molecule has 0 bridgehead atoms. The zero-order chi connectivity index (χ0) is 35.1. The van der Waals surface area contributed by atoms with E-state index in [1.165, 1.54) is 43.9 Å². The Morgan fingerprint density at radius 1 is 0.857 bits per heavy atom. The average molecular weight is 686 g/mol. The minimum Gasteiger partial charge on any atom is -0.493 e. The van der Waals surface area contributed by atoms with Gasteiger partial charge in [-0.05, 0) is 111 Å². The summed E-state index contributed by atoms with van der Waals surface area (Å²) >= 11 is 0. The maximum Gasteiger partial charge on any atom is 0.389 e. The van der Waals surface area contributed by atoms with Crippen molar-refractivity contribution in [3.8, 4) is 5.75 Å². The Labute approximate surface area is 288 Å². The van der Waals surface area contributed by atoms with Crippen LogP contribution in [0.25, 0.3) is 6.08 Å². The van der Waals surface area contributed by atoms with Gasteiger partial charge in [0.05, 0.1) is 6.61 Å². The molecule has 2 saturated carbocycles. The van der Waals surface area contributed by atoms with Crippen LogP contribution in [-0.2, 0) is 23.9 Å². The van der Waals surface area contributed by atoms with Gasteiger partial charge in [0, 0.05) is 31.2 Å². The minimum absolute atomic E-state index is 0.0647. The predicted octanol–water partition coefficient (Wildman–Crippen LogP) is 8.76. The van der Waals surface area contributed by atoms with Crippen LogP contribution >= 0.6 is 0 Å². The highest BCUT2D eigenvalue weighted by Gasteiger charge is 2.32. The summed E-state index contributed by atoms with van der Waals surface area (Å²) in [5.74, 6) is 2.65. The van der Waals surface area contributed by atoms with Crippen molar-refractivity contribution in [3.05, 3.63) is 72.0 Å². The van der Waals surface area contributed by atoms with Crippen LogP contribution in [-0.4, -0.2) is 55.2 Å². The molecule has 1 aliphatic heterocycles. The number of carbonyl (C=O) groups is 3. The highest BCUT2D eigenvalue weighted by atomic mass is 19.4. The maximum atomic E-state index is 12.5. The Balaban J connectivity index is 1.06. The van der Waals surface area contributed by atoms with E-state index in [-0.39, 0.29) is 38.0 Å². The molecule has 2 amide bonds. The van der Waals surface area contributed by atoms with Crippen LogP contribution in [0.3, 0.4) is 0 Å². The molecule has 10 heteroatoms. The van der Waals surface area contributed by atoms with Crippen LogP contribution < -0.4 is 4.74 Å². The molecule has 2 aliphatic carbocycles. The molecule has 2 fully saturated rings. The minimum atomic E-state index is -4.03. The quantitative estimate of drug-likeness (QED) is 0.0407. The Kier molecular flexibility index (Phi) is 15.0. The zero-order valence-electron chi connectivity index (χ0n) is 28.5. The molecular formula is C39H50F3NO6. The molecule has 49 heavy (non-hydrogen) atoms. The fourth-order valence-electron chi connectivity index (χ4n) is 7.03. The van der Waals surface area contributed by atoms with E-state index in [1.807, 2.05) is 37.3 Å². The van der Waals surface area contributed by atoms with E-state index < -0.39 is 18.6 Å². The van der Waals surface area contributed by atoms with Gasteiger partial charge in [-0.3, -0.25) is 14.5 Å². The van der Waals surface area contributed by atoms with Crippen molar-refractivity contribution in [1.29, 1.82) is 0 Å². The third kappa shape index (κ3) is 13.5. The first-order chi connectivity index (χ1) is 23.6. The number of allylic oxidation sites excluding steroid dienone is 2. The maximum absolute atomic E-state index is 12.5. The standard InChI is InChI=1S/C39H50F3NO6/c1-2-5-34(7-4-25-43-36(44)21-22-37(43)45)47-26-27-48-38(46)23-14-30-12-19-35(20-13-30)49-28-31-10-17-33(18-11-31)32-15-8-29(9-16-32)6-3-24-39(40,41)42/h4-5,7,12-14,19-23,29,31-33H,2-3,6,8-11,15-18,24-28H2,1H3/b7-4-,23-14+,34-5+. The smallest absolute Gasteiger partial charge is 0.389 e. The fraction of sp³-hybridized carbons (Fsp3) is 0.564. The molecule has 0 radical (unpaired) electrons. The highest BCUT2D eigenvalue weighted by Crippen LogP contribution is 2.42. The van der Waals surface area contributed by atoms with Crippen molar-refractivity contribution in [3.63, 3.8) is 0 Å². The molecule has 1 aromatic carbocycles. The van der Waals surface area contributed by atoms with Crippen LogP contribution in [0.4, 0.5) is 13.2 Å². The molecule has 1 heterocycles. The van der Waals surface area contributed by atoms with E-state index in [1.54, 1.807) is 18.2 Å². The van der Waals surface area contributed by atoms with Crippen molar-refractivity contribution in [1.82, 2.24) is 4.90 Å². The van der Waals surface area contributed by atoms with Gasteiger partial charge in [-0.25, -0.2) is 4.79 Å². The normalized spacial score (nSPS) is 23.5. The summed E-state index contributed by atoms with van der Waals surface area (Å²) in [6.07, 6.45) is 17.0. The number of ether oxygens (including phenoxy) is 3. The lowest BCUT2D eigenvalue weighted by atomic mass is 9.69. The van der Waals surface area contributed by atoms with E-state index in [2.05, 4.69) is 0 Å². The molecule has 1 aromatic rings. The molecular weight excluding hydrogens is 635 g/mol. The van der Waals surface area contributed by atoms with Gasteiger partial charge < -0.3 is 14.2 Å². The lowest BCUT2D eigenvalue weighted by molar-refractivity contribution is -0.139. The second-order valence-electron chi connectivity index (χ2n) is 13.3. The van der Waals surface area contributed by atoms with Crippen LogP contribution in [0.5, 0.6) is 5.75 Å². The lowest BCUT2D eigenvalue weighted by Crippen LogP contribution is -2.29. The summed E-state index contributed by atoms with van der Waals surface area (Å²) in [7, 11) is 0. The number of halogens is 3. The molecule has 3 aliphatic rings. The number of alkyl halides is 3. The van der Waals surface area contributed by atoms with Crippen molar-refractivity contribution < 1.29 is 41.8 Å². The third-order valence-electron chi connectivity index (χ3n) is 9.77. The first-order valence-electron chi connectivity index (χ1n) is 17.8. The van der Waals surface area contributed by atoms with Gasteiger partial charge in [0.15, 0.2) is 0 Å². The molecule has 0 unspecified atom stereocenters. The largest absolute Gasteiger partial charge is 0.493 e. The van der Waals surface area contributed by atoms with Crippen LogP contribution in [0.15, 0.2) is 66.5 Å². The summed E-state index contributed by atoms with van der Waals surface area (Å²) in [6.45, 7) is 3.01. The van der Waals surface area contributed by atoms with Crippen LogP contribution in [0.2, 0.25) is 0 Å². The van der Waals surface area contributed by atoms with Crippen LogP contribution in [0.1, 0.15) is 89.5 Å². The van der Waals surface area contributed by atoms with E-state index >= 15 is 0 Å². The predicted molar refractivity (Wildman–Crippen MR) is 182 cm³/mol. The number of esters is 1. The Morgan fingerprint density at radius 2 is 1.47 bits per heavy atom. The number of imide groups is 1. The summed E-state index contributed by atoms with van der Waals surface area (Å²) in [5.41, 5.74) is 0.847. The van der Waals surface area contributed by atoms with Gasteiger partial charge in [0.1, 0.15) is 24.7 Å². The van der Waals surface area contributed by atoms with Gasteiger partial charge in [0.2, 0.25) is 0 Å². The van der Waals surface area contributed by atoms with Gasteiger partial charge in [-0.15, -0.1) is 0 Å². The van der Waals surface area contributed by atoms with E-state index in [9.17, 15) is 27.6 Å². The third-order valence-corrected chi connectivity index (χ3v) is 9.77. The molecule has 7 nitrogen and oxygen atoms in total. The first kappa shape index (κ1) is 38.0. The summed E-state index contributed by atoms with van der Waals surface area (Å²) in [4.78, 5) is 36.6. The topological polar surface area (TPSA) is 82.1 Å². The highest BCUT2D eigenvalue weighted by molar-refractivity contribution is 6.12. The van der Waals surface area contributed by atoms with Crippen molar-refractivity contribution in [2.75, 3.05) is 26.4 Å². The zero-order valence-corrected chi connectivity index (χ0v) is 28.5. The molecule has 0 N–H and O–H groups in total. The number of amides is 2. The SMILES string of the molecule is CC/C=C(\C=C/CN1C(=O)C=CC1=O)OCCOC(=O)/C=C/c1ccc(OCC2CCC(C3CCC(CCCC(F)(F)F)CC3)CC2)cc1. The van der Waals surface area contributed by atoms with Crippen molar-refractivity contribution >= 4 is 23.9 Å². The molecule has 0 aromatic heterocycles. The van der Waals surface area contributed by atoms with Crippen molar-refractivity contribution in [2.24, 2.45) is 23.7 Å². The number of hydrogen-bond acceptors (Lipinski definition) is 6. The number of rotatable bonds is 17. The van der Waals surface area contributed by atoms with Gasteiger partial charge in [-0.1, -0.05) is 44.4 Å². The molecule has 268 valence electrons. The molecule has 0 spiro atoms. The monoisotopic (exact) mass is 685 g/mol. The lowest BCUT2D eigenvalue weighted by Gasteiger charge is -2.38. The second kappa shape index (κ2) is 19.4. The van der Waals surface area contributed by atoms with E-state index in [0.29, 0.717) is 30.6 Å². The van der Waals surface area contributed by atoms with Gasteiger partial charge >= 0.3 is 12.1 Å². The number of carbonyl (C=O) groups excluding carboxylic acids is 3. The molecule has 0 atom stereocenters. The first-order valence-corrected chi connectivity index (χ1v) is 17.8. The second-order valence-corrected chi connectivity index (χ2v) is 13.3. The number of hydrogen-bond donors (Lipinski definition) is 0. The summed E-state index contributed by atoms with van der Waals surface area (Å²) in [6, 6.07) is 7.59. The average Bonchev–Trinajstić information content (AvgIpc) is 3.41.